The van der Waals surface area contributed by atoms with Crippen molar-refractivity contribution >= 4 is 23.5 Å². The van der Waals surface area contributed by atoms with Crippen molar-refractivity contribution in [3.8, 4) is 17.6 Å². The molecule has 0 fully saturated rings. The van der Waals surface area contributed by atoms with Gasteiger partial charge in [-0.1, -0.05) is 35.9 Å². The second-order valence-electron chi connectivity index (χ2n) is 7.14. The third kappa shape index (κ3) is 4.38. The maximum absolute atomic E-state index is 12.5. The smallest absolute Gasteiger partial charge is 0.343 e. The molecule has 0 bridgehead atoms. The van der Waals surface area contributed by atoms with E-state index in [0.29, 0.717) is 27.5 Å². The summed E-state index contributed by atoms with van der Waals surface area (Å²) in [7, 11) is 1.30. The molecule has 0 saturated heterocycles. The van der Waals surface area contributed by atoms with Crippen LogP contribution < -0.4 is 15.2 Å². The van der Waals surface area contributed by atoms with E-state index in [4.69, 9.17) is 31.5 Å². The average molecular weight is 461 g/mol. The SMILES string of the molecule is COC(=O)c1ccc(C2C(C#N)=C(N)Oc3cc(OC(=O)c4cccc(Cl)c4)ccc32)cc1. The van der Waals surface area contributed by atoms with Crippen molar-refractivity contribution in [1.82, 2.24) is 0 Å². The van der Waals surface area contributed by atoms with Crippen LogP contribution in [-0.2, 0) is 4.74 Å². The minimum absolute atomic E-state index is 0.0506. The Kier molecular flexibility index (Phi) is 6.03. The summed E-state index contributed by atoms with van der Waals surface area (Å²) in [6.45, 7) is 0. The summed E-state index contributed by atoms with van der Waals surface area (Å²) in [5.41, 5.74) is 8.34. The van der Waals surface area contributed by atoms with E-state index in [0.717, 1.165) is 5.56 Å². The molecule has 8 heteroatoms. The lowest BCUT2D eigenvalue weighted by molar-refractivity contribution is 0.0600. The van der Waals surface area contributed by atoms with Crippen molar-refractivity contribution in [2.24, 2.45) is 5.73 Å². The van der Waals surface area contributed by atoms with E-state index in [1.54, 1.807) is 54.6 Å². The van der Waals surface area contributed by atoms with E-state index in [9.17, 15) is 14.9 Å². The highest BCUT2D eigenvalue weighted by Crippen LogP contribution is 2.43. The summed E-state index contributed by atoms with van der Waals surface area (Å²) in [5.74, 6) is -1.02. The van der Waals surface area contributed by atoms with E-state index in [2.05, 4.69) is 6.07 Å². The second kappa shape index (κ2) is 9.07. The molecule has 0 spiro atoms. The average Bonchev–Trinajstić information content (AvgIpc) is 2.82. The van der Waals surface area contributed by atoms with Crippen molar-refractivity contribution in [2.45, 2.75) is 5.92 Å². The molecule has 0 saturated carbocycles. The molecule has 0 aliphatic carbocycles. The topological polar surface area (TPSA) is 112 Å². The summed E-state index contributed by atoms with van der Waals surface area (Å²) >= 11 is 5.94. The highest BCUT2D eigenvalue weighted by atomic mass is 35.5. The molecule has 1 aliphatic rings. The van der Waals surface area contributed by atoms with Crippen LogP contribution in [0.25, 0.3) is 0 Å². The van der Waals surface area contributed by atoms with Crippen LogP contribution in [0.3, 0.4) is 0 Å². The first-order valence-electron chi connectivity index (χ1n) is 9.79. The van der Waals surface area contributed by atoms with Gasteiger partial charge in [0.1, 0.15) is 23.1 Å². The van der Waals surface area contributed by atoms with Crippen LogP contribution in [0.15, 0.2) is 78.2 Å². The van der Waals surface area contributed by atoms with E-state index in [1.165, 1.54) is 19.2 Å². The number of carbonyl (C=O) groups excluding carboxylic acids is 2. The zero-order valence-corrected chi connectivity index (χ0v) is 18.1. The third-order valence-corrected chi connectivity index (χ3v) is 5.36. The number of fused-ring (bicyclic) bond motifs is 1. The number of nitrogens with two attached hydrogens (primary N) is 1. The van der Waals surface area contributed by atoms with Crippen LogP contribution in [0.5, 0.6) is 11.5 Å². The summed E-state index contributed by atoms with van der Waals surface area (Å²) in [5, 5.41) is 10.1. The van der Waals surface area contributed by atoms with Gasteiger partial charge in [0, 0.05) is 16.7 Å². The fourth-order valence-corrected chi connectivity index (χ4v) is 3.74. The molecule has 1 unspecified atom stereocenters. The molecule has 0 aromatic heterocycles. The molecule has 1 heterocycles. The van der Waals surface area contributed by atoms with E-state index in [-0.39, 0.29) is 17.2 Å². The lowest BCUT2D eigenvalue weighted by Crippen LogP contribution is -2.21. The van der Waals surface area contributed by atoms with Crippen LogP contribution in [-0.4, -0.2) is 19.0 Å². The van der Waals surface area contributed by atoms with Crippen LogP contribution in [0.2, 0.25) is 5.02 Å². The zero-order chi connectivity index (χ0) is 23.5. The first-order chi connectivity index (χ1) is 15.9. The quantitative estimate of drug-likeness (QED) is 0.448. The number of ether oxygens (including phenoxy) is 3. The summed E-state index contributed by atoms with van der Waals surface area (Å²) in [6, 6.07) is 20.0. The maximum Gasteiger partial charge on any atom is 0.343 e. The Morgan fingerprint density at radius 3 is 2.45 bits per heavy atom. The second-order valence-corrected chi connectivity index (χ2v) is 7.57. The zero-order valence-electron chi connectivity index (χ0n) is 17.4. The van der Waals surface area contributed by atoms with Crippen molar-refractivity contribution in [3.05, 3.63) is 105 Å². The number of esters is 2. The molecule has 164 valence electrons. The predicted molar refractivity (Wildman–Crippen MR) is 120 cm³/mol. The van der Waals surface area contributed by atoms with E-state index < -0.39 is 17.9 Å². The number of hydrogen-bond donors (Lipinski definition) is 1. The first-order valence-corrected chi connectivity index (χ1v) is 10.2. The molecule has 7 nitrogen and oxygen atoms in total. The molecular formula is C25H17ClN2O5. The number of hydrogen-bond acceptors (Lipinski definition) is 7. The molecule has 3 aromatic rings. The van der Waals surface area contributed by atoms with Crippen LogP contribution in [0.1, 0.15) is 37.8 Å². The number of carbonyl (C=O) groups is 2. The van der Waals surface area contributed by atoms with Gasteiger partial charge in [-0.2, -0.15) is 5.26 Å². The Morgan fingerprint density at radius 1 is 1.03 bits per heavy atom. The molecule has 4 rings (SSSR count). The summed E-state index contributed by atoms with van der Waals surface area (Å²) < 4.78 is 15.8. The van der Waals surface area contributed by atoms with Gasteiger partial charge in [-0.25, -0.2) is 9.59 Å². The molecule has 1 aliphatic heterocycles. The van der Waals surface area contributed by atoms with Crippen molar-refractivity contribution in [1.29, 1.82) is 5.26 Å². The first kappa shape index (κ1) is 21.9. The van der Waals surface area contributed by atoms with Gasteiger partial charge < -0.3 is 19.9 Å². The minimum Gasteiger partial charge on any atom is -0.465 e. The maximum atomic E-state index is 12.5. The molecule has 0 radical (unpaired) electrons. The van der Waals surface area contributed by atoms with Gasteiger partial charge in [-0.3, -0.25) is 0 Å². The fraction of sp³-hybridized carbons (Fsp3) is 0.0800. The van der Waals surface area contributed by atoms with E-state index >= 15 is 0 Å². The monoisotopic (exact) mass is 460 g/mol. The summed E-state index contributed by atoms with van der Waals surface area (Å²) in [4.78, 5) is 24.2. The predicted octanol–water partition coefficient (Wildman–Crippen LogP) is 4.56. The van der Waals surface area contributed by atoms with Crippen LogP contribution in [0.4, 0.5) is 0 Å². The lowest BCUT2D eigenvalue weighted by atomic mass is 9.83. The number of methoxy groups -OCH3 is 1. The fourth-order valence-electron chi connectivity index (χ4n) is 3.55. The molecular weight excluding hydrogens is 444 g/mol. The highest BCUT2D eigenvalue weighted by molar-refractivity contribution is 6.30. The Bertz CT molecular complexity index is 1330. The van der Waals surface area contributed by atoms with Crippen LogP contribution >= 0.6 is 11.6 Å². The third-order valence-electron chi connectivity index (χ3n) is 5.13. The number of nitriles is 1. The largest absolute Gasteiger partial charge is 0.465 e. The summed E-state index contributed by atoms with van der Waals surface area (Å²) in [6.07, 6.45) is 0. The van der Waals surface area contributed by atoms with Gasteiger partial charge in [0.05, 0.1) is 24.2 Å². The van der Waals surface area contributed by atoms with Gasteiger partial charge in [-0.15, -0.1) is 0 Å². The molecule has 0 amide bonds. The lowest BCUT2D eigenvalue weighted by Gasteiger charge is -2.26. The minimum atomic E-state index is -0.579. The molecule has 1 atom stereocenters. The van der Waals surface area contributed by atoms with Gasteiger partial charge >= 0.3 is 11.9 Å². The van der Waals surface area contributed by atoms with Gasteiger partial charge in [0.25, 0.3) is 0 Å². The normalized spacial score (nSPS) is 14.5. The molecule has 2 N–H and O–H groups in total. The van der Waals surface area contributed by atoms with Crippen molar-refractivity contribution in [3.63, 3.8) is 0 Å². The molecule has 3 aromatic carbocycles. The van der Waals surface area contributed by atoms with E-state index in [1.807, 2.05) is 0 Å². The Balaban J connectivity index is 1.68. The van der Waals surface area contributed by atoms with Crippen molar-refractivity contribution in [2.75, 3.05) is 7.11 Å². The van der Waals surface area contributed by atoms with Gasteiger partial charge in [0.15, 0.2) is 0 Å². The van der Waals surface area contributed by atoms with Gasteiger partial charge in [0.2, 0.25) is 5.88 Å². The number of allylic oxidation sites excluding steroid dienone is 1. The highest BCUT2D eigenvalue weighted by Gasteiger charge is 2.31. The van der Waals surface area contributed by atoms with Crippen molar-refractivity contribution < 1.29 is 23.8 Å². The van der Waals surface area contributed by atoms with Gasteiger partial charge in [-0.05, 0) is 42.0 Å². The number of benzene rings is 3. The number of rotatable bonds is 4. The number of nitrogens with zero attached hydrogens (tertiary/aromatic N) is 1. The Labute approximate surface area is 194 Å². The number of halogens is 1. The standard InChI is InChI=1S/C25H17ClN2O5/c1-31-24(29)15-7-5-14(6-8-15)22-19-10-9-18(12-21(19)33-23(28)20(22)13-27)32-25(30)16-3-2-4-17(26)11-16/h2-12,22H,28H2,1H3. The molecule has 33 heavy (non-hydrogen) atoms. The Hall–Kier alpha value is -4.28. The van der Waals surface area contributed by atoms with Crippen LogP contribution in [0, 0.1) is 11.3 Å². The Morgan fingerprint density at radius 2 is 1.79 bits per heavy atom.